The zero-order valence-corrected chi connectivity index (χ0v) is 10.0. The third kappa shape index (κ3) is 2.58. The maximum absolute atomic E-state index is 13.0. The van der Waals surface area contributed by atoms with Gasteiger partial charge in [0.25, 0.3) is 0 Å². The summed E-state index contributed by atoms with van der Waals surface area (Å²) in [6.45, 7) is 0.0362. The highest BCUT2D eigenvalue weighted by Gasteiger charge is 2.29. The molecule has 1 heterocycles. The van der Waals surface area contributed by atoms with Gasteiger partial charge in [0.15, 0.2) is 9.84 Å². The van der Waals surface area contributed by atoms with Gasteiger partial charge in [0.2, 0.25) is 0 Å². The summed E-state index contributed by atoms with van der Waals surface area (Å²) in [5, 5.41) is 11.8. The van der Waals surface area contributed by atoms with Crippen molar-refractivity contribution in [1.29, 1.82) is 0 Å². The first-order valence-corrected chi connectivity index (χ1v) is 7.08. The second-order valence-corrected chi connectivity index (χ2v) is 6.13. The van der Waals surface area contributed by atoms with Gasteiger partial charge in [-0.3, -0.25) is 0 Å². The molecule has 1 aromatic carbocycles. The van der Waals surface area contributed by atoms with Gasteiger partial charge >= 0.3 is 0 Å². The van der Waals surface area contributed by atoms with E-state index < -0.39 is 15.7 Å². The Morgan fingerprint density at radius 1 is 1.47 bits per heavy atom. The second-order valence-electron chi connectivity index (χ2n) is 4.13. The molecular formula is C11H14FNO3S. The first-order valence-electron chi connectivity index (χ1n) is 5.42. The molecule has 0 fully saturated rings. The molecule has 0 amide bonds. The molecule has 0 radical (unpaired) electrons. The van der Waals surface area contributed by atoms with Crippen LogP contribution in [0.2, 0.25) is 0 Å². The van der Waals surface area contributed by atoms with Crippen molar-refractivity contribution >= 4 is 15.5 Å². The van der Waals surface area contributed by atoms with Crippen LogP contribution >= 0.6 is 0 Å². The minimum Gasteiger partial charge on any atom is -0.396 e. The maximum atomic E-state index is 13.0. The number of fused-ring (bicyclic) bond motifs is 1. The molecule has 2 rings (SSSR count). The van der Waals surface area contributed by atoms with Crippen LogP contribution in [-0.4, -0.2) is 31.9 Å². The van der Waals surface area contributed by atoms with Crippen molar-refractivity contribution in [2.45, 2.75) is 23.8 Å². The highest BCUT2D eigenvalue weighted by Crippen LogP contribution is 2.30. The molecule has 0 saturated carbocycles. The van der Waals surface area contributed by atoms with E-state index >= 15 is 0 Å². The number of benzene rings is 1. The number of nitrogens with one attached hydrogen (secondary N) is 1. The molecule has 1 aliphatic heterocycles. The highest BCUT2D eigenvalue weighted by atomic mass is 32.2. The summed E-state index contributed by atoms with van der Waals surface area (Å²) < 4.78 is 36.9. The zero-order valence-electron chi connectivity index (χ0n) is 9.19. The molecule has 1 aliphatic rings. The summed E-state index contributed by atoms with van der Waals surface area (Å²) in [4.78, 5) is 0.0257. The molecule has 1 atom stereocenters. The Morgan fingerprint density at radius 3 is 2.94 bits per heavy atom. The molecular weight excluding hydrogens is 245 g/mol. The van der Waals surface area contributed by atoms with Gasteiger partial charge in [-0.25, -0.2) is 12.8 Å². The predicted octanol–water partition coefficient (Wildman–Crippen LogP) is 1.17. The molecule has 94 valence electrons. The third-order valence-electron chi connectivity index (χ3n) is 2.77. The van der Waals surface area contributed by atoms with E-state index in [9.17, 15) is 12.8 Å². The summed E-state index contributed by atoms with van der Waals surface area (Å²) in [6, 6.07) is 3.49. The fourth-order valence-electron chi connectivity index (χ4n) is 1.98. The van der Waals surface area contributed by atoms with Crippen molar-refractivity contribution in [3.63, 3.8) is 0 Å². The summed E-state index contributed by atoms with van der Waals surface area (Å²) in [7, 11) is -3.43. The van der Waals surface area contributed by atoms with Crippen LogP contribution in [0, 0.1) is 5.82 Å². The summed E-state index contributed by atoms with van der Waals surface area (Å²) in [5.74, 6) is -0.605. The number of rotatable bonds is 3. The second kappa shape index (κ2) is 4.62. The average Bonchev–Trinajstić information content (AvgIpc) is 2.27. The smallest absolute Gasteiger partial charge is 0.182 e. The van der Waals surface area contributed by atoms with E-state index in [0.29, 0.717) is 18.5 Å². The Hall–Kier alpha value is -1.14. The summed E-state index contributed by atoms with van der Waals surface area (Å²) >= 11 is 0. The van der Waals surface area contributed by atoms with Gasteiger partial charge in [-0.05, 0) is 31.0 Å². The number of anilines is 1. The normalized spacial score (nSPS) is 21.6. The Morgan fingerprint density at radius 2 is 2.24 bits per heavy atom. The van der Waals surface area contributed by atoms with Crippen LogP contribution in [0.5, 0.6) is 0 Å². The highest BCUT2D eigenvalue weighted by molar-refractivity contribution is 7.91. The fourth-order valence-corrected chi connectivity index (χ4v) is 3.70. The van der Waals surface area contributed by atoms with Crippen molar-refractivity contribution < 1.29 is 17.9 Å². The number of aliphatic hydroxyl groups excluding tert-OH is 1. The monoisotopic (exact) mass is 259 g/mol. The minimum atomic E-state index is -3.43. The van der Waals surface area contributed by atoms with Crippen molar-refractivity contribution in [3.05, 3.63) is 24.0 Å². The third-order valence-corrected chi connectivity index (χ3v) is 4.62. The van der Waals surface area contributed by atoms with Crippen LogP contribution in [0.1, 0.15) is 12.8 Å². The lowest BCUT2D eigenvalue weighted by molar-refractivity contribution is 0.282. The lowest BCUT2D eigenvalue weighted by Gasteiger charge is -2.26. The number of sulfone groups is 1. The number of hydrogen-bond donors (Lipinski definition) is 2. The molecule has 1 aromatic rings. The summed E-state index contributed by atoms with van der Waals surface area (Å²) in [5.41, 5.74) is 0.445. The van der Waals surface area contributed by atoms with Gasteiger partial charge < -0.3 is 10.4 Å². The lowest BCUT2D eigenvalue weighted by atomic mass is 10.1. The van der Waals surface area contributed by atoms with Gasteiger partial charge in [0.1, 0.15) is 5.82 Å². The average molecular weight is 259 g/mol. The molecule has 2 N–H and O–H groups in total. The predicted molar refractivity (Wildman–Crippen MR) is 62.2 cm³/mol. The van der Waals surface area contributed by atoms with Crippen LogP contribution < -0.4 is 5.32 Å². The Bertz CT molecular complexity index is 515. The van der Waals surface area contributed by atoms with Gasteiger partial charge in [0.05, 0.1) is 16.3 Å². The topological polar surface area (TPSA) is 66.4 Å². The molecule has 6 heteroatoms. The molecule has 0 saturated heterocycles. The van der Waals surface area contributed by atoms with E-state index in [0.717, 1.165) is 6.07 Å². The lowest BCUT2D eigenvalue weighted by Crippen LogP contribution is -2.34. The molecule has 1 unspecified atom stereocenters. The zero-order chi connectivity index (χ0) is 12.5. The van der Waals surface area contributed by atoms with Crippen LogP contribution in [0.4, 0.5) is 10.1 Å². The Labute approximate surface area is 99.4 Å². The quantitative estimate of drug-likeness (QED) is 0.855. The molecule has 17 heavy (non-hydrogen) atoms. The summed E-state index contributed by atoms with van der Waals surface area (Å²) in [6.07, 6.45) is 1.12. The maximum Gasteiger partial charge on any atom is 0.182 e. The van der Waals surface area contributed by atoms with Crippen LogP contribution in [-0.2, 0) is 9.84 Å². The number of hydrogen-bond acceptors (Lipinski definition) is 4. The first kappa shape index (κ1) is 12.3. The largest absolute Gasteiger partial charge is 0.396 e. The van der Waals surface area contributed by atoms with Crippen molar-refractivity contribution in [2.24, 2.45) is 0 Å². The Balaban J connectivity index is 2.31. The van der Waals surface area contributed by atoms with Gasteiger partial charge in [0, 0.05) is 12.6 Å². The van der Waals surface area contributed by atoms with Gasteiger partial charge in [-0.1, -0.05) is 0 Å². The van der Waals surface area contributed by atoms with Crippen molar-refractivity contribution in [3.8, 4) is 0 Å². The standard InChI is InChI=1S/C11H14FNO3S/c12-8-3-4-10-11(6-8)17(15,16)7-9(13-10)2-1-5-14/h3-4,6,9,13-14H,1-2,5,7H2. The van der Waals surface area contributed by atoms with E-state index in [-0.39, 0.29) is 23.3 Å². The van der Waals surface area contributed by atoms with E-state index in [1.165, 1.54) is 12.1 Å². The van der Waals surface area contributed by atoms with E-state index in [2.05, 4.69) is 5.32 Å². The van der Waals surface area contributed by atoms with Crippen LogP contribution in [0.25, 0.3) is 0 Å². The van der Waals surface area contributed by atoms with Crippen molar-refractivity contribution in [2.75, 3.05) is 17.7 Å². The molecule has 0 aliphatic carbocycles. The SMILES string of the molecule is O=S1(=O)CC(CCCO)Nc2ccc(F)cc21. The molecule has 4 nitrogen and oxygen atoms in total. The minimum absolute atomic E-state index is 0.0257. The van der Waals surface area contributed by atoms with Crippen LogP contribution in [0.15, 0.2) is 23.1 Å². The molecule has 0 spiro atoms. The fraction of sp³-hybridized carbons (Fsp3) is 0.455. The first-order chi connectivity index (χ1) is 8.03. The number of aliphatic hydroxyl groups is 1. The van der Waals surface area contributed by atoms with E-state index in [1.54, 1.807) is 0 Å². The molecule has 0 bridgehead atoms. The van der Waals surface area contributed by atoms with E-state index in [4.69, 9.17) is 5.11 Å². The van der Waals surface area contributed by atoms with Crippen LogP contribution in [0.3, 0.4) is 0 Å². The van der Waals surface area contributed by atoms with E-state index in [1.807, 2.05) is 0 Å². The van der Waals surface area contributed by atoms with Crippen molar-refractivity contribution in [1.82, 2.24) is 0 Å². The molecule has 0 aromatic heterocycles. The Kier molecular flexibility index (Phi) is 3.35. The number of halogens is 1. The van der Waals surface area contributed by atoms with Gasteiger partial charge in [-0.15, -0.1) is 0 Å². The van der Waals surface area contributed by atoms with Gasteiger partial charge in [-0.2, -0.15) is 0 Å².